The van der Waals surface area contributed by atoms with E-state index in [4.69, 9.17) is 18.9 Å². The van der Waals surface area contributed by atoms with Gasteiger partial charge < -0.3 is 29.4 Å². The number of methoxy groups -OCH3 is 3. The summed E-state index contributed by atoms with van der Waals surface area (Å²) in [5.74, 6) is -0.517. The van der Waals surface area contributed by atoms with E-state index in [-0.39, 0.29) is 17.4 Å². The molecule has 0 spiro atoms. The van der Waals surface area contributed by atoms with Gasteiger partial charge in [-0.2, -0.15) is 0 Å². The minimum atomic E-state index is -1.01. The Kier molecular flexibility index (Phi) is 9.17. The number of ether oxygens (including phenoxy) is 4. The molecule has 2 atom stereocenters. The maximum atomic E-state index is 13.1. The SMILES string of the molecule is COc1ccc(C(c2ccc(OC)cc2C)[C@H](C)OC(=O)[C@H](C)NC(=O)c2nccc(OC)c2O)c(C)c1. The zero-order valence-corrected chi connectivity index (χ0v) is 22.7. The molecule has 2 aromatic carbocycles. The van der Waals surface area contributed by atoms with Crippen LogP contribution in [-0.4, -0.2) is 55.4 Å². The lowest BCUT2D eigenvalue weighted by molar-refractivity contribution is -0.150. The average Bonchev–Trinajstić information content (AvgIpc) is 2.90. The lowest BCUT2D eigenvalue weighted by atomic mass is 9.82. The molecule has 0 aliphatic heterocycles. The van der Waals surface area contributed by atoms with Gasteiger partial charge in [0, 0.05) is 18.2 Å². The van der Waals surface area contributed by atoms with Gasteiger partial charge in [0.1, 0.15) is 23.6 Å². The summed E-state index contributed by atoms with van der Waals surface area (Å²) in [6.07, 6.45) is 0.738. The number of pyridine rings is 1. The van der Waals surface area contributed by atoms with Crippen LogP contribution in [0.3, 0.4) is 0 Å². The normalized spacial score (nSPS) is 12.4. The molecule has 0 radical (unpaired) electrons. The summed E-state index contributed by atoms with van der Waals surface area (Å²) in [5, 5.41) is 12.8. The van der Waals surface area contributed by atoms with Gasteiger partial charge in [-0.15, -0.1) is 0 Å². The van der Waals surface area contributed by atoms with Gasteiger partial charge in [0.15, 0.2) is 17.2 Å². The number of amides is 1. The summed E-state index contributed by atoms with van der Waals surface area (Å²) < 4.78 is 21.7. The second-order valence-electron chi connectivity index (χ2n) is 8.97. The largest absolute Gasteiger partial charge is 0.503 e. The van der Waals surface area contributed by atoms with Crippen molar-refractivity contribution in [2.75, 3.05) is 21.3 Å². The van der Waals surface area contributed by atoms with E-state index in [0.29, 0.717) is 0 Å². The van der Waals surface area contributed by atoms with Gasteiger partial charge in [0.2, 0.25) is 0 Å². The Bertz CT molecular complexity index is 1250. The molecule has 1 aromatic heterocycles. The molecule has 3 rings (SSSR count). The summed E-state index contributed by atoms with van der Waals surface area (Å²) in [6, 6.07) is 12.0. The minimum absolute atomic E-state index is 0.0987. The molecule has 9 heteroatoms. The van der Waals surface area contributed by atoms with Crippen LogP contribution in [0.25, 0.3) is 0 Å². The van der Waals surface area contributed by atoms with Crippen molar-refractivity contribution in [3.8, 4) is 23.0 Å². The number of nitrogens with zero attached hydrogens (tertiary/aromatic N) is 1. The van der Waals surface area contributed by atoms with Crippen molar-refractivity contribution in [1.29, 1.82) is 0 Å². The first kappa shape index (κ1) is 28.3. The fraction of sp³-hybridized carbons (Fsp3) is 0.345. The van der Waals surface area contributed by atoms with Crippen molar-refractivity contribution in [1.82, 2.24) is 10.3 Å². The van der Waals surface area contributed by atoms with Gasteiger partial charge in [0.05, 0.1) is 21.3 Å². The van der Waals surface area contributed by atoms with Crippen LogP contribution in [0.1, 0.15) is 52.5 Å². The molecule has 202 valence electrons. The number of benzene rings is 2. The summed E-state index contributed by atoms with van der Waals surface area (Å²) in [7, 11) is 4.59. The van der Waals surface area contributed by atoms with Crippen LogP contribution in [0.2, 0.25) is 0 Å². The molecule has 0 saturated heterocycles. The summed E-state index contributed by atoms with van der Waals surface area (Å²) >= 11 is 0. The average molecular weight is 523 g/mol. The molecule has 0 aliphatic rings. The highest BCUT2D eigenvalue weighted by Gasteiger charge is 2.30. The third-order valence-electron chi connectivity index (χ3n) is 6.42. The van der Waals surface area contributed by atoms with Gasteiger partial charge in [-0.1, -0.05) is 12.1 Å². The minimum Gasteiger partial charge on any atom is -0.503 e. The summed E-state index contributed by atoms with van der Waals surface area (Å²) in [4.78, 5) is 29.7. The second-order valence-corrected chi connectivity index (χ2v) is 8.97. The van der Waals surface area contributed by atoms with Crippen LogP contribution < -0.4 is 19.5 Å². The van der Waals surface area contributed by atoms with Gasteiger partial charge in [0.25, 0.3) is 5.91 Å². The maximum absolute atomic E-state index is 13.1. The van der Waals surface area contributed by atoms with Crippen LogP contribution in [0, 0.1) is 13.8 Å². The topological polar surface area (TPSA) is 116 Å². The molecule has 9 nitrogen and oxygen atoms in total. The molecule has 2 N–H and O–H groups in total. The zero-order chi connectivity index (χ0) is 28.0. The van der Waals surface area contributed by atoms with E-state index in [9.17, 15) is 14.7 Å². The lowest BCUT2D eigenvalue weighted by Crippen LogP contribution is -2.41. The quantitative estimate of drug-likeness (QED) is 0.379. The molecular weight excluding hydrogens is 488 g/mol. The number of carbonyl (C=O) groups excluding carboxylic acids is 2. The highest BCUT2D eigenvalue weighted by Crippen LogP contribution is 2.36. The zero-order valence-electron chi connectivity index (χ0n) is 22.7. The van der Waals surface area contributed by atoms with Crippen molar-refractivity contribution in [3.05, 3.63) is 76.6 Å². The summed E-state index contributed by atoms with van der Waals surface area (Å²) in [5.41, 5.74) is 3.66. The Balaban J connectivity index is 1.86. The fourth-order valence-electron chi connectivity index (χ4n) is 4.37. The van der Waals surface area contributed by atoms with Crippen LogP contribution in [0.15, 0.2) is 48.7 Å². The van der Waals surface area contributed by atoms with Gasteiger partial charge in [-0.25, -0.2) is 9.78 Å². The van der Waals surface area contributed by atoms with E-state index in [1.165, 1.54) is 26.3 Å². The van der Waals surface area contributed by atoms with Crippen molar-refractivity contribution in [2.24, 2.45) is 0 Å². The molecule has 0 fully saturated rings. The van der Waals surface area contributed by atoms with Crippen LogP contribution in [0.4, 0.5) is 0 Å². The molecule has 0 aliphatic carbocycles. The molecule has 38 heavy (non-hydrogen) atoms. The van der Waals surface area contributed by atoms with Crippen molar-refractivity contribution < 1.29 is 33.6 Å². The van der Waals surface area contributed by atoms with Crippen molar-refractivity contribution >= 4 is 11.9 Å². The Morgan fingerprint density at radius 1 is 0.868 bits per heavy atom. The number of hydrogen-bond acceptors (Lipinski definition) is 8. The van der Waals surface area contributed by atoms with E-state index in [0.717, 1.165) is 33.8 Å². The standard InChI is InChI=1S/C29H34N2O7/c1-16-14-20(35-5)8-10-22(16)25(23-11-9-21(36-6)15-17(23)2)19(4)38-29(34)18(3)31-28(33)26-27(32)24(37-7)12-13-30-26/h8-15,18-19,25,32H,1-7H3,(H,31,33)/t18-,19-/m0/s1. The van der Waals surface area contributed by atoms with E-state index in [2.05, 4.69) is 10.3 Å². The molecule has 1 heterocycles. The third kappa shape index (κ3) is 6.16. The predicted molar refractivity (Wildman–Crippen MR) is 142 cm³/mol. The molecule has 0 unspecified atom stereocenters. The maximum Gasteiger partial charge on any atom is 0.328 e. The number of carbonyl (C=O) groups is 2. The monoisotopic (exact) mass is 522 g/mol. The third-order valence-corrected chi connectivity index (χ3v) is 6.42. The fourth-order valence-corrected chi connectivity index (χ4v) is 4.37. The molecule has 0 saturated carbocycles. The second kappa shape index (κ2) is 12.3. The molecule has 1 amide bonds. The number of aromatic hydroxyl groups is 1. The highest BCUT2D eigenvalue weighted by atomic mass is 16.5. The van der Waals surface area contributed by atoms with Gasteiger partial charge in [-0.05, 0) is 74.2 Å². The van der Waals surface area contributed by atoms with Crippen LogP contribution in [0.5, 0.6) is 23.0 Å². The Labute approximate surface area is 222 Å². The van der Waals surface area contributed by atoms with E-state index < -0.39 is 29.8 Å². The first-order valence-corrected chi connectivity index (χ1v) is 12.1. The molecule has 0 bridgehead atoms. The highest BCUT2D eigenvalue weighted by molar-refractivity contribution is 5.97. The van der Waals surface area contributed by atoms with Gasteiger partial charge >= 0.3 is 5.97 Å². The predicted octanol–water partition coefficient (Wildman–Crippen LogP) is 4.31. The molecular formula is C29H34N2O7. The Morgan fingerprint density at radius 3 is 1.89 bits per heavy atom. The lowest BCUT2D eigenvalue weighted by Gasteiger charge is -2.29. The Morgan fingerprint density at radius 2 is 1.42 bits per heavy atom. The number of hydrogen-bond donors (Lipinski definition) is 2. The first-order valence-electron chi connectivity index (χ1n) is 12.1. The first-order chi connectivity index (χ1) is 18.1. The van der Waals surface area contributed by atoms with Gasteiger partial charge in [-0.3, -0.25) is 4.79 Å². The smallest absolute Gasteiger partial charge is 0.328 e. The number of rotatable bonds is 10. The van der Waals surface area contributed by atoms with E-state index in [1.807, 2.05) is 57.2 Å². The molecule has 3 aromatic rings. The van der Waals surface area contributed by atoms with Crippen molar-refractivity contribution in [2.45, 2.75) is 45.8 Å². The van der Waals surface area contributed by atoms with Crippen LogP contribution in [-0.2, 0) is 9.53 Å². The number of aromatic nitrogens is 1. The summed E-state index contributed by atoms with van der Waals surface area (Å²) in [6.45, 7) is 7.29. The number of nitrogens with one attached hydrogen (secondary N) is 1. The van der Waals surface area contributed by atoms with E-state index >= 15 is 0 Å². The Hall–Kier alpha value is -4.27. The number of aryl methyl sites for hydroxylation is 2. The number of esters is 1. The van der Waals surface area contributed by atoms with Crippen LogP contribution >= 0.6 is 0 Å². The van der Waals surface area contributed by atoms with Crippen molar-refractivity contribution in [3.63, 3.8) is 0 Å². The van der Waals surface area contributed by atoms with E-state index in [1.54, 1.807) is 14.2 Å².